The monoisotopic (exact) mass is 357 g/mol. The van der Waals surface area contributed by atoms with E-state index in [-0.39, 0.29) is 11.7 Å². The van der Waals surface area contributed by atoms with E-state index in [1.165, 1.54) is 10.6 Å². The maximum absolute atomic E-state index is 10.6. The molecule has 1 fully saturated rings. The number of carbonyl (C=O) groups is 1. The van der Waals surface area contributed by atoms with Crippen LogP contribution in [0.3, 0.4) is 0 Å². The topological polar surface area (TPSA) is 76.6 Å². The Morgan fingerprint density at radius 3 is 3.00 bits per heavy atom. The van der Waals surface area contributed by atoms with Gasteiger partial charge in [0.2, 0.25) is 6.41 Å². The van der Waals surface area contributed by atoms with Crippen LogP contribution in [0.5, 0.6) is 5.75 Å². The van der Waals surface area contributed by atoms with Crippen molar-refractivity contribution >= 4 is 35.2 Å². The van der Waals surface area contributed by atoms with E-state index >= 15 is 0 Å². The standard InChI is InChI=1S/C18H19N3O3S/c1-2-23-11-24-13-4-6-16-17(8-13)25-18(9-21(16)18)12-3-5-15(20-10-22)14(19)7-12/h3-8,10H,2,9,11,19H2,1H3,(H,20,22). The van der Waals surface area contributed by atoms with Crippen molar-refractivity contribution in [3.63, 3.8) is 0 Å². The van der Waals surface area contributed by atoms with Gasteiger partial charge in [-0.1, -0.05) is 17.8 Å². The summed E-state index contributed by atoms with van der Waals surface area (Å²) in [6.45, 7) is 3.78. The normalized spacial score (nSPS) is 20.0. The minimum Gasteiger partial charge on any atom is -0.468 e. The highest BCUT2D eigenvalue weighted by Crippen LogP contribution is 2.65. The van der Waals surface area contributed by atoms with Gasteiger partial charge in [-0.2, -0.15) is 0 Å². The Hall–Kier alpha value is -2.38. The first-order valence-corrected chi connectivity index (χ1v) is 8.91. The number of carbonyl (C=O) groups excluding carboxylic acids is 1. The number of nitrogens with one attached hydrogen (secondary N) is 1. The molecule has 1 saturated heterocycles. The van der Waals surface area contributed by atoms with Gasteiger partial charge in [0.25, 0.3) is 0 Å². The van der Waals surface area contributed by atoms with Crippen LogP contribution in [0.15, 0.2) is 41.3 Å². The molecule has 1 unspecified atom stereocenters. The number of nitrogens with zero attached hydrogens (tertiary/aromatic N) is 1. The molecule has 2 heterocycles. The molecule has 7 heteroatoms. The van der Waals surface area contributed by atoms with E-state index in [9.17, 15) is 4.79 Å². The number of nitrogens with two attached hydrogens (primary N) is 1. The first kappa shape index (κ1) is 16.1. The van der Waals surface area contributed by atoms with Crippen LogP contribution >= 0.6 is 11.8 Å². The zero-order chi connectivity index (χ0) is 17.4. The Labute approximate surface area is 150 Å². The van der Waals surface area contributed by atoms with Gasteiger partial charge in [-0.3, -0.25) is 4.79 Å². The number of fused-ring (bicyclic) bond motifs is 3. The van der Waals surface area contributed by atoms with E-state index < -0.39 is 0 Å². The lowest BCUT2D eigenvalue weighted by molar-refractivity contribution is -0.105. The van der Waals surface area contributed by atoms with Gasteiger partial charge in [0, 0.05) is 11.5 Å². The summed E-state index contributed by atoms with van der Waals surface area (Å²) >= 11 is 1.81. The maximum Gasteiger partial charge on any atom is 0.211 e. The molecule has 2 aromatic rings. The molecule has 2 aromatic carbocycles. The van der Waals surface area contributed by atoms with Gasteiger partial charge in [-0.05, 0) is 42.8 Å². The van der Waals surface area contributed by atoms with Crippen molar-refractivity contribution in [3.05, 3.63) is 42.0 Å². The van der Waals surface area contributed by atoms with Crippen molar-refractivity contribution in [1.82, 2.24) is 0 Å². The number of hydrogen-bond acceptors (Lipinski definition) is 6. The summed E-state index contributed by atoms with van der Waals surface area (Å²) in [7, 11) is 0. The number of amides is 1. The largest absolute Gasteiger partial charge is 0.468 e. The molecule has 0 spiro atoms. The van der Waals surface area contributed by atoms with Crippen LogP contribution in [0.25, 0.3) is 0 Å². The van der Waals surface area contributed by atoms with Crippen LogP contribution < -0.4 is 20.7 Å². The third-order valence-corrected chi connectivity index (χ3v) is 5.91. The SMILES string of the molecule is CCOCOc1ccc2c(c1)SC1(c3ccc(NC=O)c(N)c3)CN21. The molecular weight excluding hydrogens is 338 g/mol. The fourth-order valence-corrected chi connectivity index (χ4v) is 4.59. The average molecular weight is 357 g/mol. The van der Waals surface area contributed by atoms with Gasteiger partial charge in [0.1, 0.15) is 10.6 Å². The number of rotatable bonds is 7. The van der Waals surface area contributed by atoms with Crippen molar-refractivity contribution in [2.45, 2.75) is 16.7 Å². The van der Waals surface area contributed by atoms with E-state index in [2.05, 4.69) is 22.3 Å². The Balaban J connectivity index is 1.55. The van der Waals surface area contributed by atoms with Crippen LogP contribution in [0.4, 0.5) is 17.1 Å². The van der Waals surface area contributed by atoms with E-state index in [0.717, 1.165) is 17.9 Å². The van der Waals surface area contributed by atoms with Gasteiger partial charge in [-0.15, -0.1) is 0 Å². The summed E-state index contributed by atoms with van der Waals surface area (Å²) in [6, 6.07) is 11.9. The lowest BCUT2D eigenvalue weighted by atomic mass is 10.1. The molecule has 4 rings (SSSR count). The van der Waals surface area contributed by atoms with Crippen molar-refractivity contribution < 1.29 is 14.3 Å². The number of nitrogen functional groups attached to an aromatic ring is 1. The molecule has 1 amide bonds. The van der Waals surface area contributed by atoms with Crippen molar-refractivity contribution in [3.8, 4) is 5.75 Å². The highest BCUT2D eigenvalue weighted by atomic mass is 32.2. The molecule has 0 radical (unpaired) electrons. The zero-order valence-electron chi connectivity index (χ0n) is 13.8. The molecule has 3 N–H and O–H groups in total. The van der Waals surface area contributed by atoms with Gasteiger partial charge in [-0.25, -0.2) is 0 Å². The molecule has 25 heavy (non-hydrogen) atoms. The predicted octanol–water partition coefficient (Wildman–Crippen LogP) is 2.99. The number of ether oxygens (including phenoxy) is 2. The second kappa shape index (κ2) is 6.16. The van der Waals surface area contributed by atoms with Crippen molar-refractivity contribution in [2.24, 2.45) is 0 Å². The minimum absolute atomic E-state index is 0.102. The molecule has 6 nitrogen and oxygen atoms in total. The Kier molecular flexibility index (Phi) is 3.97. The van der Waals surface area contributed by atoms with E-state index in [0.29, 0.717) is 24.4 Å². The summed E-state index contributed by atoms with van der Waals surface area (Å²) < 4.78 is 10.8. The van der Waals surface area contributed by atoms with Gasteiger partial charge in [0.15, 0.2) is 6.79 Å². The molecule has 0 bridgehead atoms. The molecule has 0 saturated carbocycles. The van der Waals surface area contributed by atoms with Crippen LogP contribution in [0.1, 0.15) is 12.5 Å². The Morgan fingerprint density at radius 1 is 1.36 bits per heavy atom. The zero-order valence-corrected chi connectivity index (χ0v) is 14.6. The third kappa shape index (κ3) is 2.69. The second-order valence-corrected chi connectivity index (χ2v) is 7.24. The first-order valence-electron chi connectivity index (χ1n) is 8.09. The molecule has 2 aliphatic rings. The lowest BCUT2D eigenvalue weighted by Gasteiger charge is -2.13. The van der Waals surface area contributed by atoms with Crippen molar-refractivity contribution in [1.29, 1.82) is 0 Å². The second-order valence-electron chi connectivity index (χ2n) is 5.92. The van der Waals surface area contributed by atoms with Gasteiger partial charge >= 0.3 is 0 Å². The third-order valence-electron chi connectivity index (χ3n) is 4.44. The molecule has 0 aromatic heterocycles. The maximum atomic E-state index is 10.6. The highest BCUT2D eigenvalue weighted by molar-refractivity contribution is 8.01. The molecule has 1 atom stereocenters. The number of anilines is 3. The van der Waals surface area contributed by atoms with E-state index in [1.54, 1.807) is 11.8 Å². The van der Waals surface area contributed by atoms with Crippen LogP contribution in [-0.2, 0) is 14.4 Å². The van der Waals surface area contributed by atoms with E-state index in [4.69, 9.17) is 15.2 Å². The summed E-state index contributed by atoms with van der Waals surface area (Å²) in [5, 5.41) is 2.61. The first-order chi connectivity index (χ1) is 12.2. The Bertz CT molecular complexity index is 829. The number of hydrogen-bond donors (Lipinski definition) is 2. The molecular formula is C18H19N3O3S. The number of thioether (sulfide) groups is 1. The predicted molar refractivity (Wildman–Crippen MR) is 99.0 cm³/mol. The highest BCUT2D eigenvalue weighted by Gasteiger charge is 2.59. The average Bonchev–Trinajstić information content (AvgIpc) is 3.24. The summed E-state index contributed by atoms with van der Waals surface area (Å²) in [4.78, 5) is 14.0. The summed E-state index contributed by atoms with van der Waals surface area (Å²) in [5.41, 5.74) is 9.62. The van der Waals surface area contributed by atoms with Crippen LogP contribution in [-0.4, -0.2) is 26.4 Å². The summed E-state index contributed by atoms with van der Waals surface area (Å²) in [5.74, 6) is 0.808. The smallest absolute Gasteiger partial charge is 0.211 e. The molecule has 0 aliphatic carbocycles. The minimum atomic E-state index is -0.102. The molecule has 130 valence electrons. The quantitative estimate of drug-likeness (QED) is 0.261. The van der Waals surface area contributed by atoms with Crippen LogP contribution in [0, 0.1) is 0 Å². The van der Waals surface area contributed by atoms with Gasteiger partial charge < -0.3 is 25.4 Å². The fourth-order valence-electron chi connectivity index (χ4n) is 3.12. The van der Waals surface area contributed by atoms with Gasteiger partial charge in [0.05, 0.1) is 23.6 Å². The fraction of sp³-hybridized carbons (Fsp3) is 0.278. The Morgan fingerprint density at radius 2 is 2.24 bits per heavy atom. The van der Waals surface area contributed by atoms with E-state index in [1.807, 2.05) is 31.2 Å². The summed E-state index contributed by atoms with van der Waals surface area (Å²) in [6.07, 6.45) is 0.636. The lowest BCUT2D eigenvalue weighted by Crippen LogP contribution is -2.08. The molecule has 2 aliphatic heterocycles. The van der Waals surface area contributed by atoms with Crippen molar-refractivity contribution in [2.75, 3.05) is 35.9 Å². The van der Waals surface area contributed by atoms with Crippen LogP contribution in [0.2, 0.25) is 0 Å². The number of benzene rings is 2.